The van der Waals surface area contributed by atoms with Gasteiger partial charge in [0.2, 0.25) is 0 Å². The lowest BCUT2D eigenvalue weighted by Crippen LogP contribution is -2.35. The van der Waals surface area contributed by atoms with E-state index in [0.717, 1.165) is 60.3 Å². The molecule has 0 saturated heterocycles. The van der Waals surface area contributed by atoms with E-state index in [9.17, 15) is 14.0 Å². The molecule has 0 amide bonds. The summed E-state index contributed by atoms with van der Waals surface area (Å²) in [7, 11) is 5.44. The van der Waals surface area contributed by atoms with Crippen molar-refractivity contribution in [3.05, 3.63) is 27.3 Å². The number of aryl methyl sites for hydroxylation is 1. The van der Waals surface area contributed by atoms with Gasteiger partial charge in [0.15, 0.2) is 17.3 Å². The van der Waals surface area contributed by atoms with Crippen LogP contribution in [0.1, 0.15) is 59.4 Å². The standard InChI is InChI=1S/C29H33F2N7O3S/c1-37(2)14-27(13-29(27,30)31)15-40-26-34-21(22-25(35-26)38(3)10-11-39-22)20-16-6-4-8-28(23(16)41-36-20)9-5-7-18-19(28)17(12-32)24(33)42-18/h4-11,13-15,33H2,1-3H3. The van der Waals surface area contributed by atoms with Crippen LogP contribution in [0.5, 0.6) is 11.8 Å². The van der Waals surface area contributed by atoms with Crippen LogP contribution < -0.4 is 20.1 Å². The third-order valence-corrected chi connectivity index (χ3v) is 10.3. The maximum atomic E-state index is 14.5. The van der Waals surface area contributed by atoms with E-state index in [1.165, 1.54) is 11.3 Å². The molecule has 1 saturated carbocycles. The molecule has 222 valence electrons. The van der Waals surface area contributed by atoms with Crippen molar-refractivity contribution in [2.45, 2.75) is 56.3 Å². The van der Waals surface area contributed by atoms with Crippen LogP contribution in [-0.2, 0) is 18.3 Å². The van der Waals surface area contributed by atoms with Gasteiger partial charge in [-0.2, -0.15) is 15.2 Å². The van der Waals surface area contributed by atoms with E-state index in [0.29, 0.717) is 46.7 Å². The number of anilines is 2. The Hall–Kier alpha value is -3.50. The first-order valence-electron chi connectivity index (χ1n) is 14.3. The molecule has 7 rings (SSSR count). The Labute approximate surface area is 246 Å². The summed E-state index contributed by atoms with van der Waals surface area (Å²) < 4.78 is 47.1. The number of nitriles is 1. The summed E-state index contributed by atoms with van der Waals surface area (Å²) in [5.41, 5.74) is 7.96. The number of alkyl halides is 2. The van der Waals surface area contributed by atoms with E-state index < -0.39 is 16.8 Å². The van der Waals surface area contributed by atoms with Crippen LogP contribution in [0.4, 0.5) is 19.6 Å². The molecule has 1 aliphatic heterocycles. The van der Waals surface area contributed by atoms with Gasteiger partial charge in [0, 0.05) is 30.5 Å². The molecule has 3 aliphatic carbocycles. The minimum Gasteiger partial charge on any atom is -0.486 e. The second-order valence-corrected chi connectivity index (χ2v) is 13.5. The van der Waals surface area contributed by atoms with Gasteiger partial charge in [0.05, 0.1) is 22.9 Å². The number of fused-ring (bicyclic) bond motifs is 5. The number of ether oxygens (including phenoxy) is 2. The Kier molecular flexibility index (Phi) is 6.19. The summed E-state index contributed by atoms with van der Waals surface area (Å²) in [5, 5.41) is 15.1. The molecule has 42 heavy (non-hydrogen) atoms. The molecule has 0 aromatic carbocycles. The van der Waals surface area contributed by atoms with Crippen molar-refractivity contribution >= 4 is 22.2 Å². The molecular weight excluding hydrogens is 564 g/mol. The first-order chi connectivity index (χ1) is 20.1. The Morgan fingerprint density at radius 1 is 1.19 bits per heavy atom. The lowest BCUT2D eigenvalue weighted by molar-refractivity contribution is 0.0288. The number of nitrogens with zero attached hydrogens (tertiary/aromatic N) is 6. The third kappa shape index (κ3) is 3.98. The highest BCUT2D eigenvalue weighted by Gasteiger charge is 2.71. The van der Waals surface area contributed by atoms with Gasteiger partial charge in [0.1, 0.15) is 35.7 Å². The summed E-state index contributed by atoms with van der Waals surface area (Å²) >= 11 is 1.50. The smallest absolute Gasteiger partial charge is 0.319 e. The van der Waals surface area contributed by atoms with Gasteiger partial charge in [-0.15, -0.1) is 11.3 Å². The lowest BCUT2D eigenvalue weighted by Gasteiger charge is -2.39. The number of nitrogen functional groups attached to an aromatic ring is 1. The fraction of sp³-hybridized carbons (Fsp3) is 0.586. The first kappa shape index (κ1) is 27.3. The summed E-state index contributed by atoms with van der Waals surface area (Å²) in [4.78, 5) is 14.1. The van der Waals surface area contributed by atoms with Gasteiger partial charge in [-0.25, -0.2) is 8.78 Å². The summed E-state index contributed by atoms with van der Waals surface area (Å²) in [6.07, 6.45) is 4.88. The molecule has 10 nitrogen and oxygen atoms in total. The molecule has 2 atom stereocenters. The number of nitrogens with two attached hydrogens (primary N) is 1. The highest BCUT2D eigenvalue weighted by Crippen LogP contribution is 2.61. The van der Waals surface area contributed by atoms with Crippen molar-refractivity contribution in [2.24, 2.45) is 5.41 Å². The highest BCUT2D eigenvalue weighted by atomic mass is 32.1. The van der Waals surface area contributed by atoms with Gasteiger partial charge in [0.25, 0.3) is 5.92 Å². The predicted molar refractivity (Wildman–Crippen MR) is 152 cm³/mol. The number of hydrogen-bond donors (Lipinski definition) is 1. The zero-order valence-electron chi connectivity index (χ0n) is 23.9. The van der Waals surface area contributed by atoms with Crippen LogP contribution in [0.3, 0.4) is 0 Å². The largest absolute Gasteiger partial charge is 0.486 e. The van der Waals surface area contributed by atoms with E-state index in [1.807, 2.05) is 11.9 Å². The van der Waals surface area contributed by atoms with Gasteiger partial charge < -0.3 is 29.5 Å². The van der Waals surface area contributed by atoms with E-state index in [1.54, 1.807) is 19.0 Å². The van der Waals surface area contributed by atoms with Crippen LogP contribution in [-0.4, -0.2) is 73.4 Å². The summed E-state index contributed by atoms with van der Waals surface area (Å²) in [6.45, 7) is 1.02. The normalized spacial score (nSPS) is 25.4. The molecule has 3 aromatic heterocycles. The lowest BCUT2D eigenvalue weighted by atomic mass is 9.63. The van der Waals surface area contributed by atoms with Crippen LogP contribution in [0.25, 0.3) is 11.4 Å². The van der Waals surface area contributed by atoms with E-state index >= 15 is 0 Å². The molecule has 4 heterocycles. The van der Waals surface area contributed by atoms with Gasteiger partial charge in [-0.05, 0) is 58.2 Å². The third-order valence-electron chi connectivity index (χ3n) is 9.25. The second-order valence-electron chi connectivity index (χ2n) is 12.3. The number of aromatic nitrogens is 3. The number of likely N-dealkylation sites (N-methyl/N-ethyl adjacent to an activating group) is 1. The monoisotopic (exact) mass is 597 g/mol. The second kappa shape index (κ2) is 9.50. The van der Waals surface area contributed by atoms with E-state index in [-0.39, 0.29) is 25.6 Å². The highest BCUT2D eigenvalue weighted by molar-refractivity contribution is 7.16. The summed E-state index contributed by atoms with van der Waals surface area (Å²) in [6, 6.07) is 2.35. The molecule has 2 unspecified atom stereocenters. The molecule has 4 aliphatic rings. The van der Waals surface area contributed by atoms with Crippen LogP contribution >= 0.6 is 11.3 Å². The zero-order chi connectivity index (χ0) is 29.4. The van der Waals surface area contributed by atoms with Crippen LogP contribution in [0.2, 0.25) is 0 Å². The quantitative estimate of drug-likeness (QED) is 0.437. The van der Waals surface area contributed by atoms with Crippen molar-refractivity contribution in [3.8, 4) is 29.2 Å². The Morgan fingerprint density at radius 3 is 2.67 bits per heavy atom. The molecule has 0 radical (unpaired) electrons. The fourth-order valence-electron chi connectivity index (χ4n) is 7.22. The van der Waals surface area contributed by atoms with Crippen LogP contribution in [0.15, 0.2) is 4.52 Å². The Morgan fingerprint density at radius 2 is 1.95 bits per heavy atom. The van der Waals surface area contributed by atoms with E-state index in [4.69, 9.17) is 24.7 Å². The molecule has 0 bridgehead atoms. The SMILES string of the molecule is CN(C)CC1(COc2nc(-c3noc4c3CCCC43CCCc4sc(N)c(C#N)c43)c3c(n2)N(C)CCO3)CC1(F)F. The molecule has 13 heteroatoms. The maximum absolute atomic E-state index is 14.5. The minimum atomic E-state index is -2.81. The number of halogens is 2. The van der Waals surface area contributed by atoms with Crippen molar-refractivity contribution in [2.75, 3.05) is 58.1 Å². The molecule has 2 N–H and O–H groups in total. The predicted octanol–water partition coefficient (Wildman–Crippen LogP) is 4.40. The fourth-order valence-corrected chi connectivity index (χ4v) is 8.38. The number of thiophene rings is 1. The van der Waals surface area contributed by atoms with Gasteiger partial charge >= 0.3 is 6.01 Å². The zero-order valence-corrected chi connectivity index (χ0v) is 24.7. The van der Waals surface area contributed by atoms with Crippen LogP contribution in [0, 0.1) is 16.7 Å². The topological polar surface area (TPSA) is 127 Å². The van der Waals surface area contributed by atoms with Crippen molar-refractivity contribution in [1.82, 2.24) is 20.0 Å². The average molecular weight is 598 g/mol. The molecule has 3 aromatic rings. The van der Waals surface area contributed by atoms with E-state index in [2.05, 4.69) is 16.2 Å². The van der Waals surface area contributed by atoms with Gasteiger partial charge in [-0.3, -0.25) is 0 Å². The summed E-state index contributed by atoms with van der Waals surface area (Å²) in [5.74, 6) is -1.07. The maximum Gasteiger partial charge on any atom is 0.319 e. The average Bonchev–Trinajstić information content (AvgIpc) is 3.25. The molecule has 1 spiro atoms. The molecule has 1 fully saturated rings. The van der Waals surface area contributed by atoms with Crippen molar-refractivity contribution in [1.29, 1.82) is 5.26 Å². The Bertz CT molecular complexity index is 1610. The minimum absolute atomic E-state index is 0.00142. The molecular formula is C29H33F2N7O3S. The Balaban J connectivity index is 1.32. The van der Waals surface area contributed by atoms with Gasteiger partial charge in [-0.1, -0.05) is 5.16 Å². The van der Waals surface area contributed by atoms with Crippen molar-refractivity contribution < 1.29 is 22.8 Å². The van der Waals surface area contributed by atoms with Crippen molar-refractivity contribution in [3.63, 3.8) is 0 Å². The first-order valence-corrected chi connectivity index (χ1v) is 15.1. The number of hydrogen-bond acceptors (Lipinski definition) is 11. The number of rotatable bonds is 6.